The molecule has 0 radical (unpaired) electrons. The first kappa shape index (κ1) is 22.7. The van der Waals surface area contributed by atoms with Gasteiger partial charge in [-0.05, 0) is 61.7 Å². The standard InChI is InChI=1S/C27H24N4O3S/c1-27(16-15-18-7-3-2-4-8-18)25(33)31(26(34)30-27)17-23(32)28-20-13-11-19(12-14-20)24-29-21-9-5-6-10-22(21)35-24/h2-14H,15-17H2,1H3,(H,28,32)(H,30,34)/t27-/m1/s1. The Balaban J connectivity index is 1.20. The average Bonchev–Trinajstić information content (AvgIpc) is 3.39. The predicted molar refractivity (Wildman–Crippen MR) is 137 cm³/mol. The third-order valence-electron chi connectivity index (χ3n) is 6.11. The fraction of sp³-hybridized carbons (Fsp3) is 0.185. The Morgan fingerprint density at radius 1 is 1.00 bits per heavy atom. The highest BCUT2D eigenvalue weighted by Gasteiger charge is 2.47. The Hall–Kier alpha value is -4.04. The van der Waals surface area contributed by atoms with Crippen LogP contribution in [0.4, 0.5) is 10.5 Å². The molecule has 0 aliphatic carbocycles. The maximum atomic E-state index is 13.0. The zero-order valence-electron chi connectivity index (χ0n) is 19.2. The highest BCUT2D eigenvalue weighted by atomic mass is 32.1. The average molecular weight is 485 g/mol. The van der Waals surface area contributed by atoms with E-state index in [1.807, 2.05) is 66.7 Å². The van der Waals surface area contributed by atoms with Crippen LogP contribution < -0.4 is 10.6 Å². The Labute approximate surface area is 206 Å². The van der Waals surface area contributed by atoms with E-state index < -0.39 is 17.5 Å². The van der Waals surface area contributed by atoms with Crippen LogP contribution in [0.3, 0.4) is 0 Å². The molecule has 8 heteroatoms. The number of nitrogens with zero attached hydrogens (tertiary/aromatic N) is 2. The van der Waals surface area contributed by atoms with Gasteiger partial charge in [-0.1, -0.05) is 42.5 Å². The third kappa shape index (κ3) is 4.79. The summed E-state index contributed by atoms with van der Waals surface area (Å²) in [6, 6.07) is 24.5. The first-order chi connectivity index (χ1) is 16.9. The number of hydrogen-bond donors (Lipinski definition) is 2. The molecule has 3 aromatic carbocycles. The number of fused-ring (bicyclic) bond motifs is 1. The number of thiazole rings is 1. The summed E-state index contributed by atoms with van der Waals surface area (Å²) in [5, 5.41) is 6.43. The number of rotatable bonds is 7. The van der Waals surface area contributed by atoms with Crippen LogP contribution in [0, 0.1) is 0 Å². The molecule has 1 aliphatic heterocycles. The van der Waals surface area contributed by atoms with Crippen LogP contribution in [0.2, 0.25) is 0 Å². The van der Waals surface area contributed by atoms with Crippen LogP contribution >= 0.6 is 11.3 Å². The molecule has 35 heavy (non-hydrogen) atoms. The first-order valence-electron chi connectivity index (χ1n) is 11.4. The van der Waals surface area contributed by atoms with Crippen molar-refractivity contribution < 1.29 is 14.4 Å². The van der Waals surface area contributed by atoms with Crippen molar-refractivity contribution in [3.05, 3.63) is 84.4 Å². The first-order valence-corrected chi connectivity index (χ1v) is 12.2. The Morgan fingerprint density at radius 3 is 2.46 bits per heavy atom. The van der Waals surface area contributed by atoms with Gasteiger partial charge in [0.1, 0.15) is 17.1 Å². The number of amides is 4. The van der Waals surface area contributed by atoms with Crippen LogP contribution in [-0.2, 0) is 16.0 Å². The Morgan fingerprint density at radius 2 is 1.71 bits per heavy atom. The fourth-order valence-electron chi connectivity index (χ4n) is 4.14. The lowest BCUT2D eigenvalue weighted by Gasteiger charge is -2.21. The van der Waals surface area contributed by atoms with Crippen LogP contribution in [0.25, 0.3) is 20.8 Å². The van der Waals surface area contributed by atoms with Gasteiger partial charge in [-0.2, -0.15) is 0 Å². The summed E-state index contributed by atoms with van der Waals surface area (Å²) in [7, 11) is 0. The molecule has 0 unspecified atom stereocenters. The van der Waals surface area contributed by atoms with Crippen LogP contribution in [-0.4, -0.2) is 39.8 Å². The highest BCUT2D eigenvalue weighted by Crippen LogP contribution is 2.30. The second kappa shape index (κ2) is 9.31. The smallest absolute Gasteiger partial charge is 0.325 e. The van der Waals surface area contributed by atoms with Gasteiger partial charge in [0.15, 0.2) is 0 Å². The normalized spacial score (nSPS) is 17.6. The van der Waals surface area contributed by atoms with Crippen LogP contribution in [0.1, 0.15) is 18.9 Å². The summed E-state index contributed by atoms with van der Waals surface area (Å²) in [6.45, 7) is 1.36. The largest absolute Gasteiger partial charge is 0.325 e. The van der Waals surface area contributed by atoms with E-state index >= 15 is 0 Å². The minimum absolute atomic E-state index is 0.342. The number of imide groups is 1. The van der Waals surface area contributed by atoms with E-state index in [-0.39, 0.29) is 12.5 Å². The van der Waals surface area contributed by atoms with E-state index in [4.69, 9.17) is 0 Å². The zero-order valence-corrected chi connectivity index (χ0v) is 20.0. The Bertz CT molecular complexity index is 1370. The molecule has 0 spiro atoms. The minimum atomic E-state index is -1.04. The molecule has 2 N–H and O–H groups in total. The summed E-state index contributed by atoms with van der Waals surface area (Å²) in [6.07, 6.45) is 1.09. The second-order valence-electron chi connectivity index (χ2n) is 8.75. The number of aromatic nitrogens is 1. The van der Waals surface area contributed by atoms with Gasteiger partial charge in [-0.25, -0.2) is 9.78 Å². The van der Waals surface area contributed by atoms with Crippen molar-refractivity contribution in [3.8, 4) is 10.6 Å². The molecule has 1 aliphatic rings. The van der Waals surface area contributed by atoms with E-state index in [0.29, 0.717) is 18.5 Å². The summed E-state index contributed by atoms with van der Waals surface area (Å²) < 4.78 is 1.12. The highest BCUT2D eigenvalue weighted by molar-refractivity contribution is 7.21. The molecule has 1 atom stereocenters. The van der Waals surface area contributed by atoms with Crippen LogP contribution in [0.5, 0.6) is 0 Å². The molecular weight excluding hydrogens is 460 g/mol. The zero-order chi connectivity index (χ0) is 24.4. The SMILES string of the molecule is C[C@]1(CCc2ccccc2)NC(=O)N(CC(=O)Nc2ccc(-c3nc4ccccc4s3)cc2)C1=O. The van der Waals surface area contributed by atoms with Crippen LogP contribution in [0.15, 0.2) is 78.9 Å². The molecule has 4 aromatic rings. The summed E-state index contributed by atoms with van der Waals surface area (Å²) >= 11 is 1.61. The number of carbonyl (C=O) groups excluding carboxylic acids is 3. The van der Waals surface area contributed by atoms with Gasteiger partial charge in [0, 0.05) is 11.3 Å². The summed E-state index contributed by atoms with van der Waals surface area (Å²) in [4.78, 5) is 43.7. The second-order valence-corrected chi connectivity index (χ2v) is 9.78. The molecular formula is C27H24N4O3S. The number of benzene rings is 3. The molecule has 176 valence electrons. The van der Waals surface area contributed by atoms with E-state index in [0.717, 1.165) is 31.3 Å². The molecule has 1 fully saturated rings. The molecule has 7 nitrogen and oxygen atoms in total. The number of carbonyl (C=O) groups is 3. The minimum Gasteiger partial charge on any atom is -0.325 e. The molecule has 0 bridgehead atoms. The number of anilines is 1. The number of para-hydroxylation sites is 1. The van der Waals surface area contributed by atoms with E-state index in [2.05, 4.69) is 15.6 Å². The van der Waals surface area contributed by atoms with Crippen molar-refractivity contribution in [1.82, 2.24) is 15.2 Å². The predicted octanol–water partition coefficient (Wildman–Crippen LogP) is 4.85. The number of aryl methyl sites for hydroxylation is 1. The van der Waals surface area contributed by atoms with Gasteiger partial charge in [-0.3, -0.25) is 14.5 Å². The monoisotopic (exact) mass is 484 g/mol. The fourth-order valence-corrected chi connectivity index (χ4v) is 5.11. The lowest BCUT2D eigenvalue weighted by Crippen LogP contribution is -2.45. The van der Waals surface area contributed by atoms with E-state index in [1.54, 1.807) is 30.4 Å². The maximum absolute atomic E-state index is 13.0. The topological polar surface area (TPSA) is 91.4 Å². The van der Waals surface area contributed by atoms with Crippen molar-refractivity contribution in [2.75, 3.05) is 11.9 Å². The molecule has 2 heterocycles. The molecule has 5 rings (SSSR count). The molecule has 1 saturated heterocycles. The van der Waals surface area contributed by atoms with Gasteiger partial charge < -0.3 is 10.6 Å². The van der Waals surface area contributed by atoms with Gasteiger partial charge in [0.25, 0.3) is 5.91 Å². The van der Waals surface area contributed by atoms with Crippen molar-refractivity contribution in [3.63, 3.8) is 0 Å². The van der Waals surface area contributed by atoms with Crippen molar-refractivity contribution in [1.29, 1.82) is 0 Å². The van der Waals surface area contributed by atoms with E-state index in [9.17, 15) is 14.4 Å². The van der Waals surface area contributed by atoms with Gasteiger partial charge in [-0.15, -0.1) is 11.3 Å². The molecule has 4 amide bonds. The lowest BCUT2D eigenvalue weighted by molar-refractivity contribution is -0.133. The third-order valence-corrected chi connectivity index (χ3v) is 7.20. The maximum Gasteiger partial charge on any atom is 0.325 e. The number of nitrogens with one attached hydrogen (secondary N) is 2. The lowest BCUT2D eigenvalue weighted by atomic mass is 9.93. The Kier molecular flexibility index (Phi) is 6.05. The van der Waals surface area contributed by atoms with Crippen molar-refractivity contribution in [2.24, 2.45) is 0 Å². The van der Waals surface area contributed by atoms with Gasteiger partial charge in [0.05, 0.1) is 10.2 Å². The van der Waals surface area contributed by atoms with E-state index in [1.165, 1.54) is 0 Å². The molecule has 0 saturated carbocycles. The van der Waals surface area contributed by atoms with Gasteiger partial charge in [0.2, 0.25) is 5.91 Å². The summed E-state index contributed by atoms with van der Waals surface area (Å²) in [5.41, 5.74) is 2.54. The molecule has 1 aromatic heterocycles. The summed E-state index contributed by atoms with van der Waals surface area (Å²) in [5.74, 6) is -0.826. The number of hydrogen-bond acceptors (Lipinski definition) is 5. The van der Waals surface area contributed by atoms with Crippen molar-refractivity contribution in [2.45, 2.75) is 25.3 Å². The number of urea groups is 1. The van der Waals surface area contributed by atoms with Crippen molar-refractivity contribution >= 4 is 45.1 Å². The quantitative estimate of drug-likeness (QED) is 0.367. The van der Waals surface area contributed by atoms with Gasteiger partial charge >= 0.3 is 6.03 Å².